The van der Waals surface area contributed by atoms with E-state index in [4.69, 9.17) is 16.0 Å². The summed E-state index contributed by atoms with van der Waals surface area (Å²) in [6.07, 6.45) is 0. The van der Waals surface area contributed by atoms with Gasteiger partial charge in [-0.3, -0.25) is 14.9 Å². The van der Waals surface area contributed by atoms with Gasteiger partial charge in [0.2, 0.25) is 0 Å². The zero-order chi connectivity index (χ0) is 14.5. The van der Waals surface area contributed by atoms with Crippen molar-refractivity contribution >= 4 is 23.4 Å². The maximum atomic E-state index is 11.7. The number of furan rings is 1. The second-order valence-electron chi connectivity index (χ2n) is 3.98. The predicted octanol–water partition coefficient (Wildman–Crippen LogP) is 2.90. The Balaban J connectivity index is 1.93. The van der Waals surface area contributed by atoms with Crippen molar-refractivity contribution in [1.82, 2.24) is 5.32 Å². The molecule has 0 aliphatic heterocycles. The number of amides is 1. The molecule has 0 aliphatic carbocycles. The van der Waals surface area contributed by atoms with Gasteiger partial charge < -0.3 is 9.73 Å². The minimum atomic E-state index is -0.703. The molecule has 1 aromatic carbocycles. The highest BCUT2D eigenvalue weighted by Crippen LogP contribution is 2.19. The van der Waals surface area contributed by atoms with Gasteiger partial charge in [-0.2, -0.15) is 0 Å². The van der Waals surface area contributed by atoms with E-state index in [0.717, 1.165) is 11.6 Å². The molecule has 0 spiro atoms. The molecule has 1 heterocycles. The summed E-state index contributed by atoms with van der Waals surface area (Å²) in [5, 5.41) is 12.6. The quantitative estimate of drug-likeness (QED) is 0.522. The number of nitrogens with zero attached hydrogens (tertiary/aromatic N) is 1. The Bertz CT molecular complexity index is 612. The number of carbonyl (C=O) groups is 1. The van der Waals surface area contributed by atoms with Gasteiger partial charge in [-0.15, -0.1) is 11.6 Å². The maximum Gasteiger partial charge on any atom is 0.433 e. The molecule has 0 fully saturated rings. The Kier molecular flexibility index (Phi) is 4.37. The van der Waals surface area contributed by atoms with Crippen molar-refractivity contribution in [3.05, 3.63) is 63.9 Å². The van der Waals surface area contributed by atoms with Crippen molar-refractivity contribution in [2.45, 2.75) is 5.38 Å². The molecule has 2 aromatic rings. The molecule has 20 heavy (non-hydrogen) atoms. The Labute approximate surface area is 119 Å². The van der Waals surface area contributed by atoms with Crippen LogP contribution in [0.25, 0.3) is 0 Å². The number of alkyl halides is 1. The third-order valence-electron chi connectivity index (χ3n) is 2.60. The number of rotatable bonds is 5. The van der Waals surface area contributed by atoms with Crippen LogP contribution in [0.15, 0.2) is 46.9 Å². The van der Waals surface area contributed by atoms with E-state index in [-0.39, 0.29) is 17.7 Å². The number of halogens is 1. The van der Waals surface area contributed by atoms with E-state index in [1.165, 1.54) is 6.07 Å². The van der Waals surface area contributed by atoms with Crippen LogP contribution in [0.2, 0.25) is 0 Å². The first kappa shape index (κ1) is 14.1. The second-order valence-corrected chi connectivity index (χ2v) is 4.51. The molecule has 104 valence electrons. The lowest BCUT2D eigenvalue weighted by Gasteiger charge is -2.10. The zero-order valence-electron chi connectivity index (χ0n) is 10.3. The number of nitrogens with one attached hydrogen (secondary N) is 1. The topological polar surface area (TPSA) is 85.4 Å². The Morgan fingerprint density at radius 1 is 1.30 bits per heavy atom. The Hall–Kier alpha value is -2.34. The van der Waals surface area contributed by atoms with Crippen LogP contribution in [-0.4, -0.2) is 17.4 Å². The average molecular weight is 295 g/mol. The molecule has 1 unspecified atom stereocenters. The van der Waals surface area contributed by atoms with Gasteiger partial charge in [-0.05, 0) is 11.6 Å². The summed E-state index contributed by atoms with van der Waals surface area (Å²) in [4.78, 5) is 21.5. The lowest BCUT2D eigenvalue weighted by Crippen LogP contribution is -2.26. The van der Waals surface area contributed by atoms with Crippen LogP contribution >= 0.6 is 11.6 Å². The first-order chi connectivity index (χ1) is 9.58. The van der Waals surface area contributed by atoms with E-state index >= 15 is 0 Å². The molecule has 0 radical (unpaired) electrons. The van der Waals surface area contributed by atoms with Crippen LogP contribution in [0.5, 0.6) is 0 Å². The Morgan fingerprint density at radius 3 is 2.60 bits per heavy atom. The number of hydrogen-bond donors (Lipinski definition) is 1. The van der Waals surface area contributed by atoms with E-state index in [0.29, 0.717) is 0 Å². The second kappa shape index (κ2) is 6.21. The largest absolute Gasteiger partial charge is 0.433 e. The van der Waals surface area contributed by atoms with Gasteiger partial charge in [0.1, 0.15) is 4.92 Å². The van der Waals surface area contributed by atoms with Gasteiger partial charge in [0.05, 0.1) is 11.4 Å². The van der Waals surface area contributed by atoms with Crippen LogP contribution in [0, 0.1) is 10.1 Å². The molecule has 1 amide bonds. The monoisotopic (exact) mass is 294 g/mol. The third-order valence-corrected chi connectivity index (χ3v) is 3.00. The number of nitro groups is 1. The SMILES string of the molecule is O=C(NCC(Cl)c1ccccc1)c1ccc([N+](=O)[O-])o1. The van der Waals surface area contributed by atoms with E-state index in [1.807, 2.05) is 30.3 Å². The summed E-state index contributed by atoms with van der Waals surface area (Å²) < 4.78 is 4.79. The van der Waals surface area contributed by atoms with Gasteiger partial charge in [-0.25, -0.2) is 0 Å². The fourth-order valence-corrected chi connectivity index (χ4v) is 1.82. The number of benzene rings is 1. The maximum absolute atomic E-state index is 11.7. The van der Waals surface area contributed by atoms with Crippen LogP contribution in [0.1, 0.15) is 21.5 Å². The lowest BCUT2D eigenvalue weighted by atomic mass is 10.1. The summed E-state index contributed by atoms with van der Waals surface area (Å²) in [6.45, 7) is 0.193. The van der Waals surface area contributed by atoms with E-state index in [1.54, 1.807) is 0 Å². The molecule has 7 heteroatoms. The molecule has 1 atom stereocenters. The summed E-state index contributed by atoms with van der Waals surface area (Å²) in [6, 6.07) is 11.6. The number of hydrogen-bond acceptors (Lipinski definition) is 4. The first-order valence-corrected chi connectivity index (χ1v) is 6.23. The molecule has 1 aromatic heterocycles. The van der Waals surface area contributed by atoms with Crippen molar-refractivity contribution in [2.24, 2.45) is 0 Å². The van der Waals surface area contributed by atoms with E-state index in [9.17, 15) is 14.9 Å². The third kappa shape index (κ3) is 3.36. The molecule has 1 N–H and O–H groups in total. The van der Waals surface area contributed by atoms with Gasteiger partial charge in [0, 0.05) is 6.54 Å². The van der Waals surface area contributed by atoms with Crippen LogP contribution in [-0.2, 0) is 0 Å². The fourth-order valence-electron chi connectivity index (χ4n) is 1.60. The van der Waals surface area contributed by atoms with Crippen molar-refractivity contribution in [3.8, 4) is 0 Å². The molecule has 0 saturated carbocycles. The summed E-state index contributed by atoms with van der Waals surface area (Å²) >= 11 is 6.14. The highest BCUT2D eigenvalue weighted by atomic mass is 35.5. The Morgan fingerprint density at radius 2 is 2.00 bits per heavy atom. The molecular weight excluding hydrogens is 284 g/mol. The number of carbonyl (C=O) groups excluding carboxylic acids is 1. The summed E-state index contributed by atoms with van der Waals surface area (Å²) in [5.74, 6) is -1.13. The van der Waals surface area contributed by atoms with Crippen LogP contribution < -0.4 is 5.32 Å². The molecule has 6 nitrogen and oxygen atoms in total. The predicted molar refractivity (Wildman–Crippen MR) is 72.7 cm³/mol. The van der Waals surface area contributed by atoms with Gasteiger partial charge in [-0.1, -0.05) is 30.3 Å². The van der Waals surface area contributed by atoms with Crippen molar-refractivity contribution in [2.75, 3.05) is 6.54 Å². The average Bonchev–Trinajstić information content (AvgIpc) is 2.95. The van der Waals surface area contributed by atoms with Crippen molar-refractivity contribution < 1.29 is 14.1 Å². The minimum Gasteiger partial charge on any atom is -0.395 e. The van der Waals surface area contributed by atoms with Gasteiger partial charge in [0.15, 0.2) is 5.76 Å². The van der Waals surface area contributed by atoms with E-state index < -0.39 is 16.7 Å². The van der Waals surface area contributed by atoms with Crippen LogP contribution in [0.4, 0.5) is 5.88 Å². The standard InChI is InChI=1S/C13H11ClN2O4/c14-10(9-4-2-1-3-5-9)8-15-13(17)11-6-7-12(20-11)16(18)19/h1-7,10H,8H2,(H,15,17). The molecular formula is C13H11ClN2O4. The minimum absolute atomic E-state index is 0.117. The summed E-state index contributed by atoms with van der Waals surface area (Å²) in [7, 11) is 0. The highest BCUT2D eigenvalue weighted by Gasteiger charge is 2.18. The van der Waals surface area contributed by atoms with E-state index in [2.05, 4.69) is 5.32 Å². The molecule has 0 aliphatic rings. The fraction of sp³-hybridized carbons (Fsp3) is 0.154. The van der Waals surface area contributed by atoms with Crippen molar-refractivity contribution in [3.63, 3.8) is 0 Å². The highest BCUT2D eigenvalue weighted by molar-refractivity contribution is 6.21. The van der Waals surface area contributed by atoms with Crippen LogP contribution in [0.3, 0.4) is 0 Å². The lowest BCUT2D eigenvalue weighted by molar-refractivity contribution is -0.402. The zero-order valence-corrected chi connectivity index (χ0v) is 11.0. The summed E-state index contributed by atoms with van der Waals surface area (Å²) in [5.41, 5.74) is 0.875. The molecule has 2 rings (SSSR count). The normalized spacial score (nSPS) is 11.8. The first-order valence-electron chi connectivity index (χ1n) is 5.79. The molecule has 0 saturated heterocycles. The smallest absolute Gasteiger partial charge is 0.395 e. The van der Waals surface area contributed by atoms with Gasteiger partial charge >= 0.3 is 5.88 Å². The van der Waals surface area contributed by atoms with Crippen molar-refractivity contribution in [1.29, 1.82) is 0 Å². The molecule has 0 bridgehead atoms. The van der Waals surface area contributed by atoms with Gasteiger partial charge in [0.25, 0.3) is 5.91 Å².